The summed E-state index contributed by atoms with van der Waals surface area (Å²) in [6.07, 6.45) is 10.1. The highest BCUT2D eigenvalue weighted by Gasteiger charge is 2.13. The topological polar surface area (TPSA) is 62.0 Å². The van der Waals surface area contributed by atoms with Gasteiger partial charge in [0.15, 0.2) is 0 Å². The Bertz CT molecular complexity index is 698. The summed E-state index contributed by atoms with van der Waals surface area (Å²) in [5.74, 6) is 0.671. The molecular formula is C23H31NO3. The van der Waals surface area contributed by atoms with E-state index >= 15 is 0 Å². The zero-order valence-electron chi connectivity index (χ0n) is 16.2. The molecule has 2 aromatic carbocycles. The number of aromatic hydroxyl groups is 1. The molecule has 4 nitrogen and oxygen atoms in total. The highest BCUT2D eigenvalue weighted by molar-refractivity contribution is 6.14. The molecule has 0 saturated heterocycles. The highest BCUT2D eigenvalue weighted by Crippen LogP contribution is 2.26. The van der Waals surface area contributed by atoms with Crippen molar-refractivity contribution in [3.63, 3.8) is 0 Å². The van der Waals surface area contributed by atoms with Crippen LogP contribution < -0.4 is 4.74 Å². The zero-order valence-corrected chi connectivity index (χ0v) is 16.2. The smallest absolute Gasteiger partial charge is 0.128 e. The van der Waals surface area contributed by atoms with E-state index in [1.807, 2.05) is 30.3 Å². The van der Waals surface area contributed by atoms with Gasteiger partial charge in [0.05, 0.1) is 6.61 Å². The minimum atomic E-state index is 0.0417. The summed E-state index contributed by atoms with van der Waals surface area (Å²) in [6, 6.07) is 14.4. The Balaban J connectivity index is 1.79. The Hall–Kier alpha value is -2.49. The van der Waals surface area contributed by atoms with E-state index in [1.54, 1.807) is 18.2 Å². The van der Waals surface area contributed by atoms with E-state index in [0.717, 1.165) is 12.0 Å². The minimum Gasteiger partial charge on any atom is -0.507 e. The van der Waals surface area contributed by atoms with E-state index in [9.17, 15) is 10.3 Å². The van der Waals surface area contributed by atoms with Gasteiger partial charge in [-0.05, 0) is 18.6 Å². The molecule has 27 heavy (non-hydrogen) atoms. The van der Waals surface area contributed by atoms with Crippen LogP contribution in [-0.2, 0) is 0 Å². The monoisotopic (exact) mass is 369 g/mol. The molecule has 0 spiro atoms. The second-order valence-corrected chi connectivity index (χ2v) is 6.82. The van der Waals surface area contributed by atoms with Gasteiger partial charge in [-0.3, -0.25) is 0 Å². The number of hydrogen-bond acceptors (Lipinski definition) is 4. The maximum Gasteiger partial charge on any atom is 0.128 e. The quantitative estimate of drug-likeness (QED) is 0.204. The lowest BCUT2D eigenvalue weighted by molar-refractivity contribution is 0.302. The van der Waals surface area contributed by atoms with Crippen LogP contribution in [0.5, 0.6) is 11.5 Å². The number of phenolic OH excluding ortho intramolecular Hbond substituents is 1. The van der Waals surface area contributed by atoms with Gasteiger partial charge in [0.25, 0.3) is 0 Å². The molecule has 2 rings (SSSR count). The summed E-state index contributed by atoms with van der Waals surface area (Å²) in [4.78, 5) is 0. The Morgan fingerprint density at radius 3 is 2.19 bits per heavy atom. The molecule has 0 atom stereocenters. The number of hydrogen-bond donors (Lipinski definition) is 2. The van der Waals surface area contributed by atoms with Gasteiger partial charge in [0.1, 0.15) is 17.2 Å². The fourth-order valence-corrected chi connectivity index (χ4v) is 3.09. The van der Waals surface area contributed by atoms with Crippen LogP contribution in [0.1, 0.15) is 69.4 Å². The van der Waals surface area contributed by atoms with Crippen molar-refractivity contribution in [1.82, 2.24) is 0 Å². The van der Waals surface area contributed by atoms with E-state index in [4.69, 9.17) is 4.74 Å². The molecule has 0 bridgehead atoms. The summed E-state index contributed by atoms with van der Waals surface area (Å²) >= 11 is 0. The Morgan fingerprint density at radius 1 is 0.889 bits per heavy atom. The number of unbranched alkanes of at least 4 members (excludes halogenated alkanes) is 7. The van der Waals surface area contributed by atoms with Gasteiger partial charge >= 0.3 is 0 Å². The van der Waals surface area contributed by atoms with E-state index in [2.05, 4.69) is 12.1 Å². The van der Waals surface area contributed by atoms with E-state index in [0.29, 0.717) is 23.6 Å². The predicted octanol–water partition coefficient (Wildman–Crippen LogP) is 6.14. The first kappa shape index (κ1) is 20.8. The Morgan fingerprint density at radius 2 is 1.56 bits per heavy atom. The van der Waals surface area contributed by atoms with Gasteiger partial charge in [-0.15, -0.1) is 0 Å². The first-order valence-corrected chi connectivity index (χ1v) is 10.00. The molecule has 0 unspecified atom stereocenters. The molecular weight excluding hydrogens is 338 g/mol. The zero-order chi connectivity index (χ0) is 19.3. The van der Waals surface area contributed by atoms with Crippen LogP contribution in [0.15, 0.2) is 53.7 Å². The van der Waals surface area contributed by atoms with Gasteiger partial charge in [-0.2, -0.15) is 0 Å². The van der Waals surface area contributed by atoms with Crippen molar-refractivity contribution in [1.29, 1.82) is 0 Å². The van der Waals surface area contributed by atoms with E-state index in [-0.39, 0.29) is 5.75 Å². The Kier molecular flexibility index (Phi) is 9.25. The molecule has 0 fully saturated rings. The molecule has 0 aliphatic rings. The molecule has 2 N–H and O–H groups in total. The van der Waals surface area contributed by atoms with Crippen LogP contribution in [0.4, 0.5) is 0 Å². The lowest BCUT2D eigenvalue weighted by Gasteiger charge is -2.10. The van der Waals surface area contributed by atoms with Crippen molar-refractivity contribution in [3.05, 3.63) is 59.7 Å². The van der Waals surface area contributed by atoms with Crippen molar-refractivity contribution >= 4 is 5.71 Å². The number of oxime groups is 1. The number of benzene rings is 2. The summed E-state index contributed by atoms with van der Waals surface area (Å²) < 4.78 is 5.74. The molecule has 0 aromatic heterocycles. The summed E-state index contributed by atoms with van der Waals surface area (Å²) in [6.45, 7) is 2.88. The average Bonchev–Trinajstić information content (AvgIpc) is 2.69. The van der Waals surface area contributed by atoms with Gasteiger partial charge in [0, 0.05) is 17.2 Å². The fraction of sp³-hybridized carbons (Fsp3) is 0.435. The Labute approximate surface area is 162 Å². The number of rotatable bonds is 12. The molecule has 0 saturated carbocycles. The normalized spacial score (nSPS) is 11.5. The predicted molar refractivity (Wildman–Crippen MR) is 110 cm³/mol. The van der Waals surface area contributed by atoms with Crippen molar-refractivity contribution < 1.29 is 15.1 Å². The molecule has 0 amide bonds. The molecule has 0 heterocycles. The summed E-state index contributed by atoms with van der Waals surface area (Å²) in [5.41, 5.74) is 1.55. The highest BCUT2D eigenvalue weighted by atomic mass is 16.5. The van der Waals surface area contributed by atoms with Crippen molar-refractivity contribution in [3.8, 4) is 11.5 Å². The molecule has 2 aromatic rings. The van der Waals surface area contributed by atoms with Crippen molar-refractivity contribution in [2.75, 3.05) is 6.61 Å². The van der Waals surface area contributed by atoms with Crippen LogP contribution in [0.2, 0.25) is 0 Å². The maximum atomic E-state index is 10.3. The number of nitrogens with zero attached hydrogens (tertiary/aromatic N) is 1. The van der Waals surface area contributed by atoms with Crippen LogP contribution in [0.3, 0.4) is 0 Å². The van der Waals surface area contributed by atoms with Gasteiger partial charge in [-0.25, -0.2) is 0 Å². The van der Waals surface area contributed by atoms with E-state index in [1.165, 1.54) is 44.9 Å². The summed E-state index contributed by atoms with van der Waals surface area (Å²) in [5, 5.41) is 23.0. The third-order valence-corrected chi connectivity index (χ3v) is 4.64. The summed E-state index contributed by atoms with van der Waals surface area (Å²) in [7, 11) is 0. The van der Waals surface area contributed by atoms with Gasteiger partial charge in [0.2, 0.25) is 0 Å². The van der Waals surface area contributed by atoms with Crippen molar-refractivity contribution in [2.45, 2.75) is 58.3 Å². The molecule has 0 aliphatic carbocycles. The maximum absolute atomic E-state index is 10.3. The van der Waals surface area contributed by atoms with Crippen LogP contribution in [0, 0.1) is 0 Å². The molecule has 4 heteroatoms. The first-order valence-electron chi connectivity index (χ1n) is 10.00. The van der Waals surface area contributed by atoms with Gasteiger partial charge in [-0.1, -0.05) is 87.4 Å². The molecule has 0 radical (unpaired) electrons. The standard InChI is InChI=1S/C23H31NO3/c1-2-3-4-5-6-7-8-12-17-27-20-15-16-21(22(25)18-20)23(24-26)19-13-10-9-11-14-19/h9-11,13-16,18,25-26H,2-8,12,17H2,1H3. The lowest BCUT2D eigenvalue weighted by Crippen LogP contribution is -2.04. The molecule has 0 aliphatic heterocycles. The number of phenols is 1. The second kappa shape index (κ2) is 12.0. The second-order valence-electron chi connectivity index (χ2n) is 6.82. The first-order chi connectivity index (χ1) is 13.3. The third kappa shape index (κ3) is 6.97. The number of ether oxygens (including phenoxy) is 1. The SMILES string of the molecule is CCCCCCCCCCOc1ccc(C(=NO)c2ccccc2)c(O)c1. The average molecular weight is 370 g/mol. The van der Waals surface area contributed by atoms with Crippen molar-refractivity contribution in [2.24, 2.45) is 5.16 Å². The third-order valence-electron chi connectivity index (χ3n) is 4.64. The fourth-order valence-electron chi connectivity index (χ4n) is 3.09. The van der Waals surface area contributed by atoms with E-state index < -0.39 is 0 Å². The minimum absolute atomic E-state index is 0.0417. The lowest BCUT2D eigenvalue weighted by atomic mass is 10.0. The van der Waals surface area contributed by atoms with Crippen LogP contribution >= 0.6 is 0 Å². The van der Waals surface area contributed by atoms with Crippen LogP contribution in [-0.4, -0.2) is 22.6 Å². The molecule has 146 valence electrons. The largest absolute Gasteiger partial charge is 0.507 e. The van der Waals surface area contributed by atoms with Gasteiger partial charge < -0.3 is 15.1 Å². The van der Waals surface area contributed by atoms with Crippen LogP contribution in [0.25, 0.3) is 0 Å².